The lowest BCUT2D eigenvalue weighted by Crippen LogP contribution is -2.14. The number of sulfonamides is 1. The number of carbonyl (C=O) groups is 2. The molecule has 2 rings (SSSR count). The molecule has 0 aliphatic heterocycles. The van der Waals surface area contributed by atoms with Crippen molar-refractivity contribution < 1.29 is 27.9 Å². The number of carboxylic acids is 1. The molecule has 0 saturated heterocycles. The number of anilines is 1. The van der Waals surface area contributed by atoms with Crippen molar-refractivity contribution in [3.05, 3.63) is 53.6 Å². The number of rotatable bonds is 10. The van der Waals surface area contributed by atoms with Crippen molar-refractivity contribution in [1.82, 2.24) is 0 Å². The van der Waals surface area contributed by atoms with Crippen LogP contribution in [0.4, 0.5) is 5.69 Å². The maximum Gasteiger partial charge on any atom is 0.303 e. The fourth-order valence-electron chi connectivity index (χ4n) is 2.46. The molecule has 0 aliphatic rings. The first-order valence-corrected chi connectivity index (χ1v) is 10.0. The van der Waals surface area contributed by atoms with E-state index in [4.69, 9.17) is 15.6 Å². The quantitative estimate of drug-likeness (QED) is 0.517. The lowest BCUT2D eigenvalue weighted by atomic mass is 10.1. The van der Waals surface area contributed by atoms with Gasteiger partial charge in [0, 0.05) is 12.1 Å². The second-order valence-corrected chi connectivity index (χ2v) is 7.90. The molecular weight excluding hydrogens is 384 g/mol. The van der Waals surface area contributed by atoms with E-state index in [1.165, 1.54) is 12.1 Å². The number of nitrogens with one attached hydrogen (secondary N) is 1. The highest BCUT2D eigenvalue weighted by Gasteiger charge is 2.16. The van der Waals surface area contributed by atoms with Crippen molar-refractivity contribution in [3.63, 3.8) is 0 Å². The summed E-state index contributed by atoms with van der Waals surface area (Å²) in [5.74, 6) is -0.857. The van der Waals surface area contributed by atoms with Gasteiger partial charge >= 0.3 is 5.97 Å². The van der Waals surface area contributed by atoms with Gasteiger partial charge in [-0.2, -0.15) is 0 Å². The first-order chi connectivity index (χ1) is 13.2. The Bertz CT molecular complexity index is 955. The van der Waals surface area contributed by atoms with Gasteiger partial charge in [0.15, 0.2) is 0 Å². The van der Waals surface area contributed by atoms with E-state index in [1.807, 2.05) is 0 Å². The Balaban J connectivity index is 2.05. The molecule has 1 amide bonds. The topological polar surface area (TPSA) is 136 Å². The molecule has 0 heterocycles. The van der Waals surface area contributed by atoms with Gasteiger partial charge in [-0.3, -0.25) is 14.3 Å². The summed E-state index contributed by atoms with van der Waals surface area (Å²) in [6.07, 6.45) is 0.454. The molecule has 8 nitrogen and oxygen atoms in total. The predicted molar refractivity (Wildman–Crippen MR) is 104 cm³/mol. The zero-order valence-corrected chi connectivity index (χ0v) is 16.2. The summed E-state index contributed by atoms with van der Waals surface area (Å²) in [6.45, 7) is 1.94. The lowest BCUT2D eigenvalue weighted by molar-refractivity contribution is -0.137. The van der Waals surface area contributed by atoms with Crippen LogP contribution in [0.3, 0.4) is 0 Å². The Morgan fingerprint density at radius 3 is 2.39 bits per heavy atom. The number of ether oxygens (including phenoxy) is 1. The number of aryl methyl sites for hydroxylation is 1. The summed E-state index contributed by atoms with van der Waals surface area (Å²) >= 11 is 0. The van der Waals surface area contributed by atoms with Crippen LogP contribution in [0.1, 0.15) is 24.0 Å². The molecule has 28 heavy (non-hydrogen) atoms. The molecular formula is C19H22N2O6S. The molecule has 0 atom stereocenters. The van der Waals surface area contributed by atoms with Crippen LogP contribution < -0.4 is 15.2 Å². The lowest BCUT2D eigenvalue weighted by Gasteiger charge is -2.12. The Morgan fingerprint density at radius 2 is 1.82 bits per heavy atom. The SMILES string of the molecule is Cc1cc(S(=O)(=O)Nc2ccc(CC(N)=O)cc2)ccc1OCCCC(=O)O. The molecule has 0 unspecified atom stereocenters. The zero-order valence-electron chi connectivity index (χ0n) is 15.3. The largest absolute Gasteiger partial charge is 0.493 e. The number of benzene rings is 2. The number of carboxylic acid groups (broad SMARTS) is 1. The fraction of sp³-hybridized carbons (Fsp3) is 0.263. The van der Waals surface area contributed by atoms with Gasteiger partial charge < -0.3 is 15.6 Å². The van der Waals surface area contributed by atoms with Gasteiger partial charge in [0.05, 0.1) is 17.9 Å². The summed E-state index contributed by atoms with van der Waals surface area (Å²) in [4.78, 5) is 21.5. The molecule has 0 spiro atoms. The monoisotopic (exact) mass is 406 g/mol. The smallest absolute Gasteiger partial charge is 0.303 e. The molecule has 2 aromatic rings. The molecule has 150 valence electrons. The third kappa shape index (κ3) is 6.27. The first kappa shape index (κ1) is 21.2. The number of carbonyl (C=O) groups excluding carboxylic acids is 1. The maximum atomic E-state index is 12.6. The summed E-state index contributed by atoms with van der Waals surface area (Å²) in [5, 5.41) is 8.62. The van der Waals surface area contributed by atoms with Crippen molar-refractivity contribution in [2.75, 3.05) is 11.3 Å². The molecule has 0 radical (unpaired) electrons. The third-order valence-corrected chi connectivity index (χ3v) is 5.21. The van der Waals surface area contributed by atoms with Crippen molar-refractivity contribution in [3.8, 4) is 5.75 Å². The zero-order chi connectivity index (χ0) is 20.7. The van der Waals surface area contributed by atoms with E-state index in [1.54, 1.807) is 37.3 Å². The summed E-state index contributed by atoms with van der Waals surface area (Å²) < 4.78 is 33.1. The molecule has 9 heteroatoms. The van der Waals surface area contributed by atoms with Crippen LogP contribution in [0.5, 0.6) is 5.75 Å². The number of primary amides is 1. The summed E-state index contributed by atoms with van der Waals surface area (Å²) in [6, 6.07) is 10.8. The van der Waals surface area contributed by atoms with Crippen LogP contribution in [0, 0.1) is 6.92 Å². The number of nitrogens with two attached hydrogens (primary N) is 1. The van der Waals surface area contributed by atoms with Gasteiger partial charge in [0.2, 0.25) is 5.91 Å². The average molecular weight is 406 g/mol. The Morgan fingerprint density at radius 1 is 1.14 bits per heavy atom. The second-order valence-electron chi connectivity index (χ2n) is 6.22. The first-order valence-electron chi connectivity index (χ1n) is 8.52. The molecule has 0 aliphatic carbocycles. The van der Waals surface area contributed by atoms with Crippen molar-refractivity contribution in [2.24, 2.45) is 5.73 Å². The van der Waals surface area contributed by atoms with Gasteiger partial charge in [-0.25, -0.2) is 8.42 Å². The number of aliphatic carboxylic acids is 1. The van der Waals surface area contributed by atoms with E-state index < -0.39 is 21.9 Å². The van der Waals surface area contributed by atoms with Crippen molar-refractivity contribution in [2.45, 2.75) is 31.1 Å². The molecule has 4 N–H and O–H groups in total. The number of hydrogen-bond acceptors (Lipinski definition) is 5. The van der Waals surface area contributed by atoms with Gasteiger partial charge in [0.25, 0.3) is 10.0 Å². The Kier molecular flexibility index (Phi) is 7.00. The van der Waals surface area contributed by atoms with E-state index in [2.05, 4.69) is 4.72 Å². The summed E-state index contributed by atoms with van der Waals surface area (Å²) in [5.41, 5.74) is 6.80. The normalized spacial score (nSPS) is 11.0. The Hall–Kier alpha value is -3.07. The van der Waals surface area contributed by atoms with E-state index >= 15 is 0 Å². The van der Waals surface area contributed by atoms with Crippen LogP contribution in [-0.4, -0.2) is 32.0 Å². The molecule has 2 aromatic carbocycles. The third-order valence-electron chi connectivity index (χ3n) is 3.83. The van der Waals surface area contributed by atoms with Gasteiger partial charge in [0.1, 0.15) is 5.75 Å². The van der Waals surface area contributed by atoms with Gasteiger partial charge in [-0.15, -0.1) is 0 Å². The van der Waals surface area contributed by atoms with Crippen LogP contribution >= 0.6 is 0 Å². The second kappa shape index (κ2) is 9.23. The van der Waals surface area contributed by atoms with Crippen molar-refractivity contribution in [1.29, 1.82) is 0 Å². The minimum absolute atomic E-state index is 0.00760. The van der Waals surface area contributed by atoms with Crippen LogP contribution in [0.25, 0.3) is 0 Å². The Labute approximate surface area is 163 Å². The minimum Gasteiger partial charge on any atom is -0.493 e. The van der Waals surface area contributed by atoms with E-state index in [-0.39, 0.29) is 24.3 Å². The molecule has 0 aromatic heterocycles. The molecule has 0 saturated carbocycles. The highest BCUT2D eigenvalue weighted by atomic mass is 32.2. The highest BCUT2D eigenvalue weighted by molar-refractivity contribution is 7.92. The van der Waals surface area contributed by atoms with Gasteiger partial charge in [-0.05, 0) is 54.8 Å². The van der Waals surface area contributed by atoms with E-state index in [0.717, 1.165) is 0 Å². The van der Waals surface area contributed by atoms with Crippen LogP contribution in [0.15, 0.2) is 47.4 Å². The van der Waals surface area contributed by atoms with Crippen LogP contribution in [-0.2, 0) is 26.0 Å². The summed E-state index contributed by atoms with van der Waals surface area (Å²) in [7, 11) is -3.80. The number of amides is 1. The minimum atomic E-state index is -3.80. The molecule has 0 fully saturated rings. The van der Waals surface area contributed by atoms with Crippen molar-refractivity contribution >= 4 is 27.6 Å². The van der Waals surface area contributed by atoms with E-state index in [9.17, 15) is 18.0 Å². The standard InChI is InChI=1S/C19H22N2O6S/c1-13-11-16(8-9-17(13)27-10-2-3-19(23)24)28(25,26)21-15-6-4-14(5-7-15)12-18(20)22/h4-9,11,21H,2-3,10,12H2,1H3,(H2,20,22)(H,23,24). The molecule has 0 bridgehead atoms. The van der Waals surface area contributed by atoms with E-state index in [0.29, 0.717) is 29.0 Å². The number of hydrogen-bond donors (Lipinski definition) is 3. The average Bonchev–Trinajstić information content (AvgIpc) is 2.60. The fourth-order valence-corrected chi connectivity index (χ4v) is 3.61. The van der Waals surface area contributed by atoms with Crippen LogP contribution in [0.2, 0.25) is 0 Å². The highest BCUT2D eigenvalue weighted by Crippen LogP contribution is 2.24. The maximum absolute atomic E-state index is 12.6. The predicted octanol–water partition coefficient (Wildman–Crippen LogP) is 2.07. The van der Waals surface area contributed by atoms with Gasteiger partial charge in [-0.1, -0.05) is 12.1 Å².